The zero-order valence-corrected chi connectivity index (χ0v) is 15.0. The highest BCUT2D eigenvalue weighted by Crippen LogP contribution is 2.54. The van der Waals surface area contributed by atoms with E-state index in [2.05, 4.69) is 10.0 Å². The molecule has 1 aromatic carbocycles. The summed E-state index contributed by atoms with van der Waals surface area (Å²) in [5, 5.41) is 14.9. The van der Waals surface area contributed by atoms with Crippen LogP contribution in [0.3, 0.4) is 0 Å². The molecule has 0 unspecified atom stereocenters. The average Bonchev–Trinajstić information content (AvgIpc) is 2.57. The van der Waals surface area contributed by atoms with E-state index in [-0.39, 0.29) is 16.6 Å². The van der Waals surface area contributed by atoms with Crippen molar-refractivity contribution in [3.63, 3.8) is 0 Å². The van der Waals surface area contributed by atoms with Crippen LogP contribution in [0.15, 0.2) is 23.1 Å². The van der Waals surface area contributed by atoms with Gasteiger partial charge in [0.1, 0.15) is 5.69 Å². The van der Waals surface area contributed by atoms with Gasteiger partial charge in [0.25, 0.3) is 5.69 Å². The lowest BCUT2D eigenvalue weighted by Crippen LogP contribution is -2.51. The molecule has 1 aromatic rings. The van der Waals surface area contributed by atoms with Gasteiger partial charge in [-0.2, -0.15) is 0 Å². The van der Waals surface area contributed by atoms with E-state index in [1.807, 2.05) is 0 Å². The largest absolute Gasteiger partial charge is 0.376 e. The van der Waals surface area contributed by atoms with Crippen molar-refractivity contribution in [2.45, 2.75) is 43.0 Å². The fourth-order valence-corrected chi connectivity index (χ4v) is 6.16. The first-order valence-electron chi connectivity index (χ1n) is 8.86. The molecule has 4 bridgehead atoms. The zero-order valence-electron chi connectivity index (χ0n) is 14.1. The van der Waals surface area contributed by atoms with Crippen molar-refractivity contribution in [2.75, 3.05) is 12.4 Å². The minimum atomic E-state index is -3.70. The highest BCUT2D eigenvalue weighted by Gasteiger charge is 2.48. The summed E-state index contributed by atoms with van der Waals surface area (Å²) in [6, 6.07) is 4.37. The number of anilines is 1. The third kappa shape index (κ3) is 2.91. The molecule has 0 saturated heterocycles. The van der Waals surface area contributed by atoms with Crippen molar-refractivity contribution in [1.29, 1.82) is 0 Å². The maximum atomic E-state index is 11.9. The Labute approximate surface area is 147 Å². The molecule has 0 heterocycles. The molecule has 0 aliphatic heterocycles. The van der Waals surface area contributed by atoms with Gasteiger partial charge < -0.3 is 5.32 Å². The lowest BCUT2D eigenvalue weighted by molar-refractivity contribution is -0.384. The van der Waals surface area contributed by atoms with Crippen molar-refractivity contribution < 1.29 is 13.3 Å². The molecular weight excluding hydrogens is 342 g/mol. The molecule has 0 radical (unpaired) electrons. The number of nitro benzene ring substituents is 1. The van der Waals surface area contributed by atoms with Crippen molar-refractivity contribution in [3.05, 3.63) is 28.3 Å². The second-order valence-corrected chi connectivity index (χ2v) is 9.63. The average molecular weight is 365 g/mol. The van der Waals surface area contributed by atoms with E-state index < -0.39 is 14.9 Å². The van der Waals surface area contributed by atoms with E-state index in [4.69, 9.17) is 0 Å². The summed E-state index contributed by atoms with van der Waals surface area (Å²) in [4.78, 5) is 10.9. The van der Waals surface area contributed by atoms with Crippen LogP contribution < -0.4 is 10.0 Å². The molecule has 5 rings (SSSR count). The quantitative estimate of drug-likeness (QED) is 0.617. The standard InChI is InChI=1S/C17H23N3O4S/c1-18-25(23,24)14-2-3-15(16(9-14)20(21)22)19-17-12-5-10-4-11(7-12)8-13(17)6-10/h2-3,9-13,17-19H,4-8H2,1H3. The van der Waals surface area contributed by atoms with Crippen LogP contribution in [0.2, 0.25) is 0 Å². The maximum Gasteiger partial charge on any atom is 0.293 e. The van der Waals surface area contributed by atoms with E-state index in [0.717, 1.165) is 17.9 Å². The molecule has 0 aromatic heterocycles. The maximum absolute atomic E-state index is 11.9. The number of nitro groups is 1. The number of benzene rings is 1. The molecule has 8 heteroatoms. The van der Waals surface area contributed by atoms with E-state index in [1.165, 1.54) is 51.3 Å². The smallest absolute Gasteiger partial charge is 0.293 e. The molecule has 2 N–H and O–H groups in total. The van der Waals surface area contributed by atoms with Gasteiger partial charge in [-0.15, -0.1) is 0 Å². The van der Waals surface area contributed by atoms with Gasteiger partial charge in [0.15, 0.2) is 0 Å². The first-order valence-corrected chi connectivity index (χ1v) is 10.3. The van der Waals surface area contributed by atoms with Gasteiger partial charge in [0.05, 0.1) is 9.82 Å². The van der Waals surface area contributed by atoms with Crippen molar-refractivity contribution in [3.8, 4) is 0 Å². The Hall–Kier alpha value is -1.67. The number of hydrogen-bond donors (Lipinski definition) is 2. The number of nitrogens with one attached hydrogen (secondary N) is 2. The number of nitrogens with zero attached hydrogens (tertiary/aromatic N) is 1. The topological polar surface area (TPSA) is 101 Å². The van der Waals surface area contributed by atoms with Crippen molar-refractivity contribution in [2.24, 2.45) is 23.7 Å². The monoisotopic (exact) mass is 365 g/mol. The van der Waals surface area contributed by atoms with Crippen molar-refractivity contribution in [1.82, 2.24) is 4.72 Å². The molecule has 4 aliphatic rings. The molecule has 4 saturated carbocycles. The van der Waals surface area contributed by atoms with Gasteiger partial charge in [0.2, 0.25) is 10.0 Å². The van der Waals surface area contributed by atoms with Gasteiger partial charge in [0, 0.05) is 12.1 Å². The molecular formula is C17H23N3O4S. The molecule has 0 amide bonds. The normalized spacial score (nSPS) is 33.4. The third-order valence-electron chi connectivity index (χ3n) is 6.29. The van der Waals surface area contributed by atoms with Crippen LogP contribution in [0.4, 0.5) is 11.4 Å². The molecule has 136 valence electrons. The van der Waals surface area contributed by atoms with Crippen LogP contribution in [0.25, 0.3) is 0 Å². The number of hydrogen-bond acceptors (Lipinski definition) is 5. The minimum absolute atomic E-state index is 0.0858. The second-order valence-electron chi connectivity index (χ2n) is 7.74. The molecule has 25 heavy (non-hydrogen) atoms. The first-order chi connectivity index (χ1) is 11.9. The molecule has 4 fully saturated rings. The van der Waals surface area contributed by atoms with Gasteiger partial charge >= 0.3 is 0 Å². The summed E-state index contributed by atoms with van der Waals surface area (Å²) in [5.41, 5.74) is 0.252. The summed E-state index contributed by atoms with van der Waals surface area (Å²) in [7, 11) is -2.41. The Kier molecular flexibility index (Phi) is 3.99. The van der Waals surface area contributed by atoms with E-state index in [0.29, 0.717) is 17.5 Å². The van der Waals surface area contributed by atoms with Crippen LogP contribution >= 0.6 is 0 Å². The van der Waals surface area contributed by atoms with Crippen molar-refractivity contribution >= 4 is 21.4 Å². The predicted molar refractivity (Wildman–Crippen MR) is 93.8 cm³/mol. The Balaban J connectivity index is 1.63. The Morgan fingerprint density at radius 2 is 1.68 bits per heavy atom. The summed E-state index contributed by atoms with van der Waals surface area (Å²) in [5.74, 6) is 2.82. The van der Waals surface area contributed by atoms with Crippen LogP contribution in [0.1, 0.15) is 32.1 Å². The second kappa shape index (κ2) is 5.95. The van der Waals surface area contributed by atoms with Gasteiger partial charge in [-0.05, 0) is 75.0 Å². The molecule has 0 atom stereocenters. The SMILES string of the molecule is CNS(=O)(=O)c1ccc(NC2C3CC4CC(C3)CC2C4)c([N+](=O)[O-])c1. The van der Waals surface area contributed by atoms with Crippen LogP contribution in [0.5, 0.6) is 0 Å². The zero-order chi connectivity index (χ0) is 17.8. The fraction of sp³-hybridized carbons (Fsp3) is 0.647. The molecule has 7 nitrogen and oxygen atoms in total. The van der Waals surface area contributed by atoms with E-state index in [9.17, 15) is 18.5 Å². The number of rotatable bonds is 5. The predicted octanol–water partition coefficient (Wildman–Crippen LogP) is 2.74. The van der Waals surface area contributed by atoms with Crippen LogP contribution in [-0.2, 0) is 10.0 Å². The summed E-state index contributed by atoms with van der Waals surface area (Å²) in [6.45, 7) is 0. The van der Waals surface area contributed by atoms with Gasteiger partial charge in [-0.25, -0.2) is 13.1 Å². The molecule has 4 aliphatic carbocycles. The fourth-order valence-electron chi connectivity index (χ4n) is 5.41. The van der Waals surface area contributed by atoms with E-state index >= 15 is 0 Å². The first kappa shape index (κ1) is 16.8. The Bertz CT molecular complexity index is 780. The highest BCUT2D eigenvalue weighted by molar-refractivity contribution is 7.89. The molecule has 0 spiro atoms. The Morgan fingerprint density at radius 3 is 2.20 bits per heavy atom. The highest BCUT2D eigenvalue weighted by atomic mass is 32.2. The summed E-state index contributed by atoms with van der Waals surface area (Å²) >= 11 is 0. The van der Waals surface area contributed by atoms with E-state index in [1.54, 1.807) is 0 Å². The number of sulfonamides is 1. The lowest BCUT2D eigenvalue weighted by atomic mass is 9.54. The third-order valence-corrected chi connectivity index (χ3v) is 7.71. The van der Waals surface area contributed by atoms with Crippen LogP contribution in [-0.4, -0.2) is 26.4 Å². The summed E-state index contributed by atoms with van der Waals surface area (Å²) in [6.07, 6.45) is 6.21. The Morgan fingerprint density at radius 1 is 1.08 bits per heavy atom. The summed E-state index contributed by atoms with van der Waals surface area (Å²) < 4.78 is 26.0. The lowest BCUT2D eigenvalue weighted by Gasteiger charge is -2.54. The van der Waals surface area contributed by atoms with Gasteiger partial charge in [-0.3, -0.25) is 10.1 Å². The van der Waals surface area contributed by atoms with Crippen LogP contribution in [0, 0.1) is 33.8 Å². The van der Waals surface area contributed by atoms with Gasteiger partial charge in [-0.1, -0.05) is 0 Å². The minimum Gasteiger partial charge on any atom is -0.376 e.